The van der Waals surface area contributed by atoms with Crippen LogP contribution in [0.1, 0.15) is 12.8 Å². The predicted molar refractivity (Wildman–Crippen MR) is 85.1 cm³/mol. The smallest absolute Gasteiger partial charge is 0.163 e. The van der Waals surface area contributed by atoms with Crippen LogP contribution in [0.3, 0.4) is 0 Å². The fourth-order valence-electron chi connectivity index (χ4n) is 2.25. The van der Waals surface area contributed by atoms with Gasteiger partial charge in [-0.05, 0) is 37.1 Å². The van der Waals surface area contributed by atoms with Crippen LogP contribution in [0.25, 0.3) is 22.6 Å². The van der Waals surface area contributed by atoms with E-state index in [0.717, 1.165) is 22.6 Å². The van der Waals surface area contributed by atoms with Gasteiger partial charge in [0.05, 0.1) is 5.69 Å². The first-order chi connectivity index (χ1) is 10.9. The van der Waals surface area contributed by atoms with Crippen molar-refractivity contribution in [2.45, 2.75) is 18.9 Å². The summed E-state index contributed by atoms with van der Waals surface area (Å²) in [4.78, 5) is 17.5. The average Bonchev–Trinajstić information content (AvgIpc) is 3.40. The largest absolute Gasteiger partial charge is 0.367 e. The number of aromatic nitrogens is 4. The van der Waals surface area contributed by atoms with E-state index in [4.69, 9.17) is 0 Å². The maximum atomic E-state index is 4.68. The first-order valence-electron chi connectivity index (χ1n) is 7.35. The van der Waals surface area contributed by atoms with Crippen molar-refractivity contribution in [1.82, 2.24) is 19.9 Å². The Labute approximate surface area is 128 Å². The third kappa shape index (κ3) is 2.79. The molecule has 0 spiro atoms. The van der Waals surface area contributed by atoms with Gasteiger partial charge in [-0.3, -0.25) is 9.97 Å². The molecule has 0 aliphatic heterocycles. The van der Waals surface area contributed by atoms with E-state index in [1.54, 1.807) is 24.8 Å². The topological polar surface area (TPSA) is 63.6 Å². The van der Waals surface area contributed by atoms with E-state index in [1.807, 2.05) is 30.3 Å². The Balaban J connectivity index is 1.80. The zero-order valence-corrected chi connectivity index (χ0v) is 12.0. The van der Waals surface area contributed by atoms with Gasteiger partial charge < -0.3 is 5.32 Å². The number of rotatable bonds is 4. The summed E-state index contributed by atoms with van der Waals surface area (Å²) < 4.78 is 0. The van der Waals surface area contributed by atoms with E-state index < -0.39 is 0 Å². The van der Waals surface area contributed by atoms with Crippen LogP contribution in [-0.4, -0.2) is 26.0 Å². The molecule has 3 aromatic rings. The lowest BCUT2D eigenvalue weighted by molar-refractivity contribution is 1.09. The van der Waals surface area contributed by atoms with Gasteiger partial charge in [0, 0.05) is 48.0 Å². The Hall–Kier alpha value is -2.82. The Morgan fingerprint density at radius 1 is 0.909 bits per heavy atom. The van der Waals surface area contributed by atoms with Crippen LogP contribution in [0.4, 0.5) is 5.82 Å². The SMILES string of the molecule is c1cncc(-c2nc(NC3CC3)cc(-c3ccncc3)n2)c1. The first-order valence-corrected chi connectivity index (χ1v) is 7.35. The van der Waals surface area contributed by atoms with Gasteiger partial charge in [-0.2, -0.15) is 0 Å². The van der Waals surface area contributed by atoms with Crippen molar-refractivity contribution in [3.8, 4) is 22.6 Å². The summed E-state index contributed by atoms with van der Waals surface area (Å²) in [5.74, 6) is 1.55. The fourth-order valence-corrected chi connectivity index (χ4v) is 2.25. The molecule has 1 N–H and O–H groups in total. The van der Waals surface area contributed by atoms with Crippen molar-refractivity contribution in [2.24, 2.45) is 0 Å². The Bertz CT molecular complexity index is 712. The second-order valence-corrected chi connectivity index (χ2v) is 5.36. The van der Waals surface area contributed by atoms with Crippen molar-refractivity contribution in [3.05, 3.63) is 55.1 Å². The highest BCUT2D eigenvalue weighted by Crippen LogP contribution is 2.28. The molecule has 0 unspecified atom stereocenters. The van der Waals surface area contributed by atoms with Gasteiger partial charge in [0.2, 0.25) is 0 Å². The van der Waals surface area contributed by atoms with Crippen LogP contribution < -0.4 is 5.32 Å². The molecule has 5 heteroatoms. The quantitative estimate of drug-likeness (QED) is 0.799. The third-order valence-electron chi connectivity index (χ3n) is 3.55. The highest BCUT2D eigenvalue weighted by molar-refractivity contribution is 5.67. The Morgan fingerprint density at radius 2 is 1.77 bits per heavy atom. The van der Waals surface area contributed by atoms with Crippen molar-refractivity contribution in [2.75, 3.05) is 5.32 Å². The minimum Gasteiger partial charge on any atom is -0.367 e. The summed E-state index contributed by atoms with van der Waals surface area (Å²) in [5, 5.41) is 3.45. The maximum Gasteiger partial charge on any atom is 0.163 e. The lowest BCUT2D eigenvalue weighted by Crippen LogP contribution is -2.05. The second-order valence-electron chi connectivity index (χ2n) is 5.36. The van der Waals surface area contributed by atoms with E-state index >= 15 is 0 Å². The molecule has 1 aliphatic rings. The molecule has 5 nitrogen and oxygen atoms in total. The molecule has 0 aromatic carbocycles. The average molecular weight is 289 g/mol. The Kier molecular flexibility index (Phi) is 3.23. The lowest BCUT2D eigenvalue weighted by atomic mass is 10.1. The molecule has 1 aliphatic carbocycles. The molecule has 1 fully saturated rings. The number of hydrogen-bond donors (Lipinski definition) is 1. The number of nitrogens with zero attached hydrogens (tertiary/aromatic N) is 4. The van der Waals surface area contributed by atoms with E-state index in [2.05, 4.69) is 25.3 Å². The molecule has 0 bridgehead atoms. The van der Waals surface area contributed by atoms with Gasteiger partial charge in [-0.15, -0.1) is 0 Å². The molecule has 22 heavy (non-hydrogen) atoms. The first kappa shape index (κ1) is 12.9. The van der Waals surface area contributed by atoms with E-state index in [-0.39, 0.29) is 0 Å². The minimum absolute atomic E-state index is 0.543. The highest BCUT2D eigenvalue weighted by atomic mass is 15.1. The molecule has 0 saturated heterocycles. The molecule has 0 radical (unpaired) electrons. The summed E-state index contributed by atoms with van der Waals surface area (Å²) in [7, 11) is 0. The number of nitrogens with one attached hydrogen (secondary N) is 1. The summed E-state index contributed by atoms with van der Waals surface area (Å²) in [5.41, 5.74) is 2.83. The summed E-state index contributed by atoms with van der Waals surface area (Å²) in [6, 6.07) is 10.3. The number of pyridine rings is 2. The van der Waals surface area contributed by atoms with E-state index in [0.29, 0.717) is 11.9 Å². The van der Waals surface area contributed by atoms with E-state index in [9.17, 15) is 0 Å². The minimum atomic E-state index is 0.543. The van der Waals surface area contributed by atoms with Crippen molar-refractivity contribution < 1.29 is 0 Å². The van der Waals surface area contributed by atoms with Crippen LogP contribution >= 0.6 is 0 Å². The van der Waals surface area contributed by atoms with Crippen LogP contribution in [0, 0.1) is 0 Å². The van der Waals surface area contributed by atoms with Gasteiger partial charge >= 0.3 is 0 Å². The monoisotopic (exact) mass is 289 g/mol. The second kappa shape index (κ2) is 5.52. The lowest BCUT2D eigenvalue weighted by Gasteiger charge is -2.09. The van der Waals surface area contributed by atoms with Crippen molar-refractivity contribution in [1.29, 1.82) is 0 Å². The van der Waals surface area contributed by atoms with E-state index in [1.165, 1.54) is 12.8 Å². The molecule has 3 heterocycles. The Morgan fingerprint density at radius 3 is 2.50 bits per heavy atom. The van der Waals surface area contributed by atoms with Gasteiger partial charge in [0.1, 0.15) is 5.82 Å². The van der Waals surface area contributed by atoms with Crippen molar-refractivity contribution >= 4 is 5.82 Å². The van der Waals surface area contributed by atoms with Gasteiger partial charge in [-0.25, -0.2) is 9.97 Å². The number of hydrogen-bond acceptors (Lipinski definition) is 5. The molecule has 3 aromatic heterocycles. The van der Waals surface area contributed by atoms with Crippen LogP contribution in [0.15, 0.2) is 55.1 Å². The fraction of sp³-hybridized carbons (Fsp3) is 0.176. The molecule has 0 atom stereocenters. The molecule has 0 amide bonds. The molecule has 108 valence electrons. The van der Waals surface area contributed by atoms with Crippen molar-refractivity contribution in [3.63, 3.8) is 0 Å². The van der Waals surface area contributed by atoms with Gasteiger partial charge in [-0.1, -0.05) is 0 Å². The third-order valence-corrected chi connectivity index (χ3v) is 3.55. The predicted octanol–water partition coefficient (Wildman–Crippen LogP) is 3.17. The molecular formula is C17H15N5. The standard InChI is InChI=1S/C17H15N5/c1-2-13(11-19-7-1)17-21-15(12-5-8-18-9-6-12)10-16(22-17)20-14-3-4-14/h1-2,5-11,14H,3-4H2,(H,20,21,22). The van der Waals surface area contributed by atoms with Crippen LogP contribution in [-0.2, 0) is 0 Å². The van der Waals surface area contributed by atoms with Crippen LogP contribution in [0.5, 0.6) is 0 Å². The maximum absolute atomic E-state index is 4.68. The normalized spacial score (nSPS) is 13.8. The summed E-state index contributed by atoms with van der Waals surface area (Å²) in [6.45, 7) is 0. The zero-order chi connectivity index (χ0) is 14.8. The molecule has 4 rings (SSSR count). The highest BCUT2D eigenvalue weighted by Gasteiger charge is 2.22. The summed E-state index contributed by atoms with van der Waals surface area (Å²) in [6.07, 6.45) is 9.49. The molecular weight excluding hydrogens is 274 g/mol. The number of anilines is 1. The summed E-state index contributed by atoms with van der Waals surface area (Å²) >= 11 is 0. The molecule has 1 saturated carbocycles. The van der Waals surface area contributed by atoms with Crippen LogP contribution in [0.2, 0.25) is 0 Å². The van der Waals surface area contributed by atoms with Gasteiger partial charge in [0.25, 0.3) is 0 Å². The van der Waals surface area contributed by atoms with Gasteiger partial charge in [0.15, 0.2) is 5.82 Å². The zero-order valence-electron chi connectivity index (χ0n) is 12.0.